The van der Waals surface area contributed by atoms with Crippen molar-refractivity contribution in [3.05, 3.63) is 53.4 Å². The number of likely N-dealkylation sites (N-methyl/N-ethyl adjacent to an activating group) is 2. The molecule has 0 saturated carbocycles. The van der Waals surface area contributed by atoms with Crippen LogP contribution in [0.2, 0.25) is 0 Å². The highest BCUT2D eigenvalue weighted by atomic mass is 16.3. The lowest BCUT2D eigenvalue weighted by Crippen LogP contribution is -2.45. The number of rotatable bonds is 12. The second-order valence-electron chi connectivity index (χ2n) is 9.36. The molecule has 0 spiro atoms. The molecule has 0 aliphatic carbocycles. The lowest BCUT2D eigenvalue weighted by Gasteiger charge is -2.23. The van der Waals surface area contributed by atoms with Gasteiger partial charge in [0.15, 0.2) is 11.6 Å². The van der Waals surface area contributed by atoms with Gasteiger partial charge in [0.25, 0.3) is 0 Å². The van der Waals surface area contributed by atoms with Crippen LogP contribution in [0.4, 0.5) is 17.3 Å². The number of hydrogen-bond acceptors (Lipinski definition) is 9. The number of aryl methyl sites for hydroxylation is 1. The molecular weight excluding hydrogens is 472 g/mol. The van der Waals surface area contributed by atoms with E-state index < -0.39 is 12.3 Å². The second kappa shape index (κ2) is 13.7. The van der Waals surface area contributed by atoms with Crippen molar-refractivity contribution < 1.29 is 14.7 Å². The van der Waals surface area contributed by atoms with Gasteiger partial charge in [-0.05, 0) is 52.1 Å². The van der Waals surface area contributed by atoms with Gasteiger partial charge in [0.1, 0.15) is 18.0 Å². The first-order chi connectivity index (χ1) is 17.4. The zero-order chi connectivity index (χ0) is 27.7. The van der Waals surface area contributed by atoms with Crippen molar-refractivity contribution in [1.82, 2.24) is 25.1 Å². The molecule has 11 heteroatoms. The summed E-state index contributed by atoms with van der Waals surface area (Å²) in [5.74, 6) is 0.591. The van der Waals surface area contributed by atoms with Crippen molar-refractivity contribution in [2.45, 2.75) is 32.5 Å². The van der Waals surface area contributed by atoms with Crippen molar-refractivity contribution in [2.75, 3.05) is 58.5 Å². The largest absolute Gasteiger partial charge is 0.373 e. The topological polar surface area (TPSA) is 140 Å². The molecule has 2 aromatic rings. The summed E-state index contributed by atoms with van der Waals surface area (Å²) < 4.78 is 0. The molecule has 1 aromatic carbocycles. The van der Waals surface area contributed by atoms with Crippen LogP contribution in [0.3, 0.4) is 0 Å². The highest BCUT2D eigenvalue weighted by molar-refractivity contribution is 5.92. The van der Waals surface area contributed by atoms with Crippen LogP contribution in [0, 0.1) is 6.92 Å². The number of aromatic nitrogens is 2. The molecule has 2 rings (SSSR count). The number of carbonyl (C=O) groups is 2. The van der Waals surface area contributed by atoms with E-state index in [-0.39, 0.29) is 17.5 Å². The summed E-state index contributed by atoms with van der Waals surface area (Å²) in [4.78, 5) is 39.1. The van der Waals surface area contributed by atoms with Crippen LogP contribution in [0.25, 0.3) is 0 Å². The van der Waals surface area contributed by atoms with E-state index in [2.05, 4.69) is 20.6 Å². The van der Waals surface area contributed by atoms with Gasteiger partial charge in [-0.25, -0.2) is 9.97 Å². The van der Waals surface area contributed by atoms with Gasteiger partial charge in [-0.15, -0.1) is 0 Å². The lowest BCUT2D eigenvalue weighted by atomic mass is 10.1. The summed E-state index contributed by atoms with van der Waals surface area (Å²) in [6, 6.07) is 7.05. The first-order valence-corrected chi connectivity index (χ1v) is 12.1. The maximum absolute atomic E-state index is 12.6. The molecule has 0 fully saturated rings. The third kappa shape index (κ3) is 8.81. The van der Waals surface area contributed by atoms with Crippen LogP contribution in [0.1, 0.15) is 30.1 Å². The van der Waals surface area contributed by atoms with E-state index >= 15 is 0 Å². The molecule has 11 nitrogen and oxygen atoms in total. The molecule has 5 N–H and O–H groups in total. The molecule has 2 atom stereocenters. The molecular formula is C26H40N8O3. The van der Waals surface area contributed by atoms with E-state index in [1.54, 1.807) is 20.0 Å². The molecule has 2 amide bonds. The van der Waals surface area contributed by atoms with Crippen molar-refractivity contribution in [1.29, 1.82) is 0 Å². The lowest BCUT2D eigenvalue weighted by molar-refractivity contribution is -0.135. The standard InChI is InChI=1S/C26H40N8O3/c1-17-25(33(5)6)31-24(22(29-17)23(27)36)30-20-11-8-10-19(16-20)13-14-28-26(37)18(2)34(7)21(35)12-9-15-32(3)4/h8-12,16,18,23,36H,13-15,27H2,1-7H3,(H,28,37)(H,30,31)/b12-9+/t18-,23?/m0/s1. The Labute approximate surface area is 219 Å². The average Bonchev–Trinajstić information content (AvgIpc) is 2.83. The van der Waals surface area contributed by atoms with Gasteiger partial charge in [-0.2, -0.15) is 0 Å². The Morgan fingerprint density at radius 2 is 1.86 bits per heavy atom. The van der Waals surface area contributed by atoms with Gasteiger partial charge < -0.3 is 36.2 Å². The van der Waals surface area contributed by atoms with Crippen LogP contribution >= 0.6 is 0 Å². The molecule has 0 saturated heterocycles. The van der Waals surface area contributed by atoms with E-state index in [1.165, 1.54) is 11.0 Å². The van der Waals surface area contributed by atoms with Crippen molar-refractivity contribution in [2.24, 2.45) is 5.73 Å². The Morgan fingerprint density at radius 3 is 2.49 bits per heavy atom. The predicted molar refractivity (Wildman–Crippen MR) is 147 cm³/mol. The van der Waals surface area contributed by atoms with Gasteiger partial charge >= 0.3 is 0 Å². The van der Waals surface area contributed by atoms with Gasteiger partial charge in [0, 0.05) is 46.0 Å². The number of hydrogen-bond donors (Lipinski definition) is 4. The van der Waals surface area contributed by atoms with Gasteiger partial charge in [0.05, 0.1) is 5.69 Å². The first-order valence-electron chi connectivity index (χ1n) is 12.1. The zero-order valence-corrected chi connectivity index (χ0v) is 22.8. The first kappa shape index (κ1) is 29.7. The molecule has 0 aliphatic heterocycles. The number of carbonyl (C=O) groups excluding carboxylic acids is 2. The predicted octanol–water partition coefficient (Wildman–Crippen LogP) is 1.17. The SMILES string of the molecule is Cc1nc(C(N)O)c(Nc2cccc(CCNC(=O)[C@H](C)N(C)C(=O)/C=C/CN(C)C)c2)nc1N(C)C. The van der Waals surface area contributed by atoms with E-state index in [0.717, 1.165) is 11.3 Å². The van der Waals surface area contributed by atoms with E-state index in [1.807, 2.05) is 69.2 Å². The normalized spacial score (nSPS) is 12.9. The average molecular weight is 513 g/mol. The minimum absolute atomic E-state index is 0.220. The summed E-state index contributed by atoms with van der Waals surface area (Å²) >= 11 is 0. The molecule has 202 valence electrons. The number of anilines is 3. The second-order valence-corrected chi connectivity index (χ2v) is 9.36. The summed E-state index contributed by atoms with van der Waals surface area (Å²) in [5.41, 5.74) is 8.36. The summed E-state index contributed by atoms with van der Waals surface area (Å²) in [6.07, 6.45) is 2.56. The number of nitrogens with zero attached hydrogens (tertiary/aromatic N) is 5. The molecule has 0 aliphatic rings. The van der Waals surface area contributed by atoms with E-state index in [0.29, 0.717) is 36.8 Å². The van der Waals surface area contributed by atoms with Crippen molar-refractivity contribution >= 4 is 29.1 Å². The fourth-order valence-corrected chi connectivity index (χ4v) is 3.52. The van der Waals surface area contributed by atoms with Gasteiger partial charge in [-0.1, -0.05) is 18.2 Å². The Kier molecular flexibility index (Phi) is 11.0. The monoisotopic (exact) mass is 512 g/mol. The fraction of sp³-hybridized carbons (Fsp3) is 0.462. The smallest absolute Gasteiger partial charge is 0.246 e. The van der Waals surface area contributed by atoms with Crippen LogP contribution in [0.15, 0.2) is 36.4 Å². The number of amides is 2. The zero-order valence-electron chi connectivity index (χ0n) is 22.8. The number of benzene rings is 1. The summed E-state index contributed by atoms with van der Waals surface area (Å²) in [5, 5.41) is 16.1. The molecule has 0 bridgehead atoms. The van der Waals surface area contributed by atoms with Crippen molar-refractivity contribution in [3.63, 3.8) is 0 Å². The van der Waals surface area contributed by atoms with Gasteiger partial charge in [-0.3, -0.25) is 9.59 Å². The minimum atomic E-state index is -1.28. The third-order valence-corrected chi connectivity index (χ3v) is 5.72. The van der Waals surface area contributed by atoms with Crippen LogP contribution < -0.4 is 21.3 Å². The van der Waals surface area contributed by atoms with E-state index in [4.69, 9.17) is 5.73 Å². The highest BCUT2D eigenvalue weighted by Gasteiger charge is 2.21. The highest BCUT2D eigenvalue weighted by Crippen LogP contribution is 2.26. The molecule has 0 radical (unpaired) electrons. The maximum atomic E-state index is 12.6. The molecule has 1 heterocycles. The minimum Gasteiger partial charge on any atom is -0.373 e. The number of nitrogens with two attached hydrogens (primary N) is 1. The summed E-state index contributed by atoms with van der Waals surface area (Å²) in [7, 11) is 9.18. The molecule has 1 unspecified atom stereocenters. The summed E-state index contributed by atoms with van der Waals surface area (Å²) in [6.45, 7) is 4.57. The van der Waals surface area contributed by atoms with Crippen LogP contribution in [0.5, 0.6) is 0 Å². The number of nitrogens with one attached hydrogen (secondary N) is 2. The van der Waals surface area contributed by atoms with Gasteiger partial charge in [0.2, 0.25) is 11.8 Å². The van der Waals surface area contributed by atoms with Crippen LogP contribution in [-0.2, 0) is 16.0 Å². The fourth-order valence-electron chi connectivity index (χ4n) is 3.52. The van der Waals surface area contributed by atoms with Crippen molar-refractivity contribution in [3.8, 4) is 0 Å². The quantitative estimate of drug-likeness (QED) is 0.244. The Hall–Kier alpha value is -3.54. The number of aliphatic hydroxyl groups is 1. The van der Waals surface area contributed by atoms with Crippen LogP contribution in [-0.4, -0.2) is 91.1 Å². The van der Waals surface area contributed by atoms with E-state index in [9.17, 15) is 14.7 Å². The Morgan fingerprint density at radius 1 is 1.16 bits per heavy atom. The maximum Gasteiger partial charge on any atom is 0.246 e. The molecule has 37 heavy (non-hydrogen) atoms. The number of aliphatic hydroxyl groups excluding tert-OH is 1. The third-order valence-electron chi connectivity index (χ3n) is 5.72. The Balaban J connectivity index is 2.00. The Bertz CT molecular complexity index is 1100. The molecule has 1 aromatic heterocycles.